The van der Waals surface area contributed by atoms with Crippen LogP contribution in [-0.4, -0.2) is 81.7 Å². The summed E-state index contributed by atoms with van der Waals surface area (Å²) in [6.45, 7) is 3.57. The summed E-state index contributed by atoms with van der Waals surface area (Å²) in [5.74, 6) is 0.193. The summed E-state index contributed by atoms with van der Waals surface area (Å²) in [7, 11) is 3.07. The van der Waals surface area contributed by atoms with Gasteiger partial charge in [0.2, 0.25) is 5.91 Å². The zero-order valence-corrected chi connectivity index (χ0v) is 18.3. The molecular formula is C17H27Cl3N4O4. The zero-order valence-electron chi connectivity index (χ0n) is 15.9. The SMILES string of the molecule is COCCNC(=O)CN1CCN(C(=O)c2cc(Cl)c(N)cc2OC)CC1.Cl.Cl. The van der Waals surface area contributed by atoms with Crippen LogP contribution in [0.15, 0.2) is 12.1 Å². The number of benzene rings is 1. The number of rotatable bonds is 7. The maximum Gasteiger partial charge on any atom is 0.257 e. The molecule has 1 aromatic rings. The number of halogens is 3. The predicted molar refractivity (Wildman–Crippen MR) is 114 cm³/mol. The molecule has 1 aliphatic heterocycles. The number of hydrogen-bond acceptors (Lipinski definition) is 6. The summed E-state index contributed by atoms with van der Waals surface area (Å²) in [5, 5.41) is 3.11. The molecule has 0 saturated carbocycles. The molecule has 1 fully saturated rings. The molecule has 0 radical (unpaired) electrons. The van der Waals surface area contributed by atoms with E-state index in [9.17, 15) is 9.59 Å². The molecule has 2 amide bonds. The molecule has 0 aliphatic carbocycles. The number of amides is 2. The van der Waals surface area contributed by atoms with Gasteiger partial charge in [0.25, 0.3) is 5.91 Å². The smallest absolute Gasteiger partial charge is 0.257 e. The van der Waals surface area contributed by atoms with Crippen LogP contribution in [0.4, 0.5) is 5.69 Å². The van der Waals surface area contributed by atoms with Crippen molar-refractivity contribution in [1.29, 1.82) is 0 Å². The third kappa shape index (κ3) is 7.18. The Kier molecular flexibility index (Phi) is 12.2. The molecule has 8 nitrogen and oxygen atoms in total. The quantitative estimate of drug-likeness (QED) is 0.473. The highest BCUT2D eigenvalue weighted by Crippen LogP contribution is 2.30. The van der Waals surface area contributed by atoms with Gasteiger partial charge in [0.1, 0.15) is 5.75 Å². The van der Waals surface area contributed by atoms with E-state index in [0.717, 1.165) is 0 Å². The van der Waals surface area contributed by atoms with Crippen LogP contribution in [0.25, 0.3) is 0 Å². The normalized spacial score (nSPS) is 13.9. The fourth-order valence-corrected chi connectivity index (χ4v) is 2.90. The van der Waals surface area contributed by atoms with Crippen LogP contribution < -0.4 is 15.8 Å². The molecule has 1 saturated heterocycles. The molecular weight excluding hydrogens is 431 g/mol. The number of nitrogens with two attached hydrogens (primary N) is 1. The van der Waals surface area contributed by atoms with Gasteiger partial charge in [-0.2, -0.15) is 0 Å². The Labute approximate surface area is 182 Å². The molecule has 11 heteroatoms. The number of nitrogens with one attached hydrogen (secondary N) is 1. The number of ether oxygens (including phenoxy) is 2. The van der Waals surface area contributed by atoms with Gasteiger partial charge < -0.3 is 25.4 Å². The first-order valence-electron chi connectivity index (χ1n) is 8.36. The topological polar surface area (TPSA) is 97.1 Å². The third-order valence-electron chi connectivity index (χ3n) is 4.20. The number of hydrogen-bond donors (Lipinski definition) is 2. The van der Waals surface area contributed by atoms with E-state index in [1.54, 1.807) is 18.1 Å². The fraction of sp³-hybridized carbons (Fsp3) is 0.529. The fourth-order valence-electron chi connectivity index (χ4n) is 2.74. The van der Waals surface area contributed by atoms with Crippen LogP contribution >= 0.6 is 36.4 Å². The van der Waals surface area contributed by atoms with Gasteiger partial charge in [0, 0.05) is 45.9 Å². The van der Waals surface area contributed by atoms with Crippen LogP contribution in [0.3, 0.4) is 0 Å². The van der Waals surface area contributed by atoms with E-state index in [-0.39, 0.29) is 36.6 Å². The Morgan fingerprint density at radius 1 is 1.18 bits per heavy atom. The standard InChI is InChI=1S/C17H25ClN4O4.2ClH/c1-25-8-3-20-16(23)11-21-4-6-22(7-5-21)17(24)12-9-13(18)14(19)10-15(12)26-2;;/h9-10H,3-8,11,19H2,1-2H3,(H,20,23);2*1H. The molecule has 0 spiro atoms. The van der Waals surface area contributed by atoms with Gasteiger partial charge in [-0.15, -0.1) is 24.8 Å². The molecule has 1 aliphatic rings. The molecule has 160 valence electrons. The zero-order chi connectivity index (χ0) is 19.1. The summed E-state index contributed by atoms with van der Waals surface area (Å²) in [6.07, 6.45) is 0. The molecule has 1 heterocycles. The van der Waals surface area contributed by atoms with E-state index in [0.29, 0.717) is 67.9 Å². The highest BCUT2D eigenvalue weighted by atomic mass is 35.5. The lowest BCUT2D eigenvalue weighted by Gasteiger charge is -2.34. The van der Waals surface area contributed by atoms with E-state index >= 15 is 0 Å². The Bertz CT molecular complexity index is 656. The van der Waals surface area contributed by atoms with Crippen LogP contribution in [0, 0.1) is 0 Å². The van der Waals surface area contributed by atoms with Gasteiger partial charge in [0.05, 0.1) is 36.5 Å². The van der Waals surface area contributed by atoms with Crippen molar-refractivity contribution >= 4 is 53.9 Å². The van der Waals surface area contributed by atoms with E-state index in [1.807, 2.05) is 4.90 Å². The van der Waals surface area contributed by atoms with Crippen molar-refractivity contribution in [3.05, 3.63) is 22.7 Å². The van der Waals surface area contributed by atoms with E-state index < -0.39 is 0 Å². The van der Waals surface area contributed by atoms with Crippen molar-refractivity contribution < 1.29 is 19.1 Å². The minimum atomic E-state index is -0.159. The van der Waals surface area contributed by atoms with E-state index in [2.05, 4.69) is 5.32 Å². The summed E-state index contributed by atoms with van der Waals surface area (Å²) in [5.41, 5.74) is 6.51. The number of anilines is 1. The van der Waals surface area contributed by atoms with Crippen LogP contribution in [-0.2, 0) is 9.53 Å². The first-order valence-corrected chi connectivity index (χ1v) is 8.74. The molecule has 1 aromatic carbocycles. The molecule has 0 bridgehead atoms. The first-order chi connectivity index (χ1) is 12.5. The summed E-state index contributed by atoms with van der Waals surface area (Å²) >= 11 is 6.05. The van der Waals surface area contributed by atoms with Crippen LogP contribution in [0.5, 0.6) is 5.75 Å². The van der Waals surface area contributed by atoms with Gasteiger partial charge in [-0.25, -0.2) is 0 Å². The molecule has 0 unspecified atom stereocenters. The van der Waals surface area contributed by atoms with Crippen molar-refractivity contribution in [2.45, 2.75) is 0 Å². The summed E-state index contributed by atoms with van der Waals surface area (Å²) in [6, 6.07) is 3.09. The lowest BCUT2D eigenvalue weighted by Crippen LogP contribution is -2.51. The first kappa shape index (κ1) is 26.6. The predicted octanol–water partition coefficient (Wildman–Crippen LogP) is 1.29. The lowest BCUT2D eigenvalue weighted by molar-refractivity contribution is -0.122. The lowest BCUT2D eigenvalue weighted by atomic mass is 10.1. The summed E-state index contributed by atoms with van der Waals surface area (Å²) < 4.78 is 10.2. The third-order valence-corrected chi connectivity index (χ3v) is 4.53. The van der Waals surface area contributed by atoms with Crippen molar-refractivity contribution in [2.24, 2.45) is 0 Å². The average Bonchev–Trinajstić information content (AvgIpc) is 2.64. The van der Waals surface area contributed by atoms with Crippen molar-refractivity contribution in [2.75, 3.05) is 65.8 Å². The van der Waals surface area contributed by atoms with Crippen molar-refractivity contribution in [3.63, 3.8) is 0 Å². The average molecular weight is 458 g/mol. The Morgan fingerprint density at radius 2 is 1.82 bits per heavy atom. The number of nitrogens with zero attached hydrogens (tertiary/aromatic N) is 2. The van der Waals surface area contributed by atoms with Gasteiger partial charge in [-0.3, -0.25) is 14.5 Å². The van der Waals surface area contributed by atoms with Crippen LogP contribution in [0.1, 0.15) is 10.4 Å². The summed E-state index contributed by atoms with van der Waals surface area (Å²) in [4.78, 5) is 28.4. The second-order valence-corrected chi connectivity index (χ2v) is 6.39. The molecule has 28 heavy (non-hydrogen) atoms. The van der Waals surface area contributed by atoms with Crippen molar-refractivity contribution in [1.82, 2.24) is 15.1 Å². The largest absolute Gasteiger partial charge is 0.496 e. The maximum absolute atomic E-state index is 12.8. The maximum atomic E-state index is 12.8. The second-order valence-electron chi connectivity index (χ2n) is 5.99. The van der Waals surface area contributed by atoms with Gasteiger partial charge in [-0.05, 0) is 6.07 Å². The highest BCUT2D eigenvalue weighted by Gasteiger charge is 2.25. The minimum absolute atomic E-state index is 0. The van der Waals surface area contributed by atoms with Crippen LogP contribution in [0.2, 0.25) is 5.02 Å². The number of carbonyl (C=O) groups excluding carboxylic acids is 2. The molecule has 0 atom stereocenters. The van der Waals surface area contributed by atoms with E-state index in [1.165, 1.54) is 13.2 Å². The second kappa shape index (κ2) is 12.9. The number of piperazine rings is 1. The highest BCUT2D eigenvalue weighted by molar-refractivity contribution is 6.33. The van der Waals surface area contributed by atoms with Gasteiger partial charge in [-0.1, -0.05) is 11.6 Å². The van der Waals surface area contributed by atoms with Crippen molar-refractivity contribution in [3.8, 4) is 5.75 Å². The van der Waals surface area contributed by atoms with Gasteiger partial charge >= 0.3 is 0 Å². The molecule has 3 N–H and O–H groups in total. The minimum Gasteiger partial charge on any atom is -0.496 e. The Balaban J connectivity index is 0.00000364. The van der Waals surface area contributed by atoms with Gasteiger partial charge in [0.15, 0.2) is 0 Å². The monoisotopic (exact) mass is 456 g/mol. The Hall–Kier alpha value is -1.45. The number of methoxy groups -OCH3 is 2. The Morgan fingerprint density at radius 3 is 2.39 bits per heavy atom. The number of carbonyl (C=O) groups is 2. The molecule has 2 rings (SSSR count). The number of nitrogen functional groups attached to an aromatic ring is 1. The van der Waals surface area contributed by atoms with E-state index in [4.69, 9.17) is 26.8 Å². The molecule has 0 aromatic heterocycles.